The molecule has 1 aromatic heterocycles. The summed E-state index contributed by atoms with van der Waals surface area (Å²) in [6, 6.07) is 3.29. The Labute approximate surface area is 125 Å². The molecule has 0 spiro atoms. The van der Waals surface area contributed by atoms with Gasteiger partial charge in [-0.1, -0.05) is 20.8 Å². The first kappa shape index (κ1) is 15.8. The average molecular weight is 292 g/mol. The van der Waals surface area contributed by atoms with Crippen molar-refractivity contribution in [1.82, 2.24) is 4.98 Å². The van der Waals surface area contributed by atoms with Crippen molar-refractivity contribution >= 4 is 11.8 Å². The Kier molecular flexibility index (Phi) is 4.52. The van der Waals surface area contributed by atoms with Gasteiger partial charge >= 0.3 is 5.97 Å². The number of anilines is 1. The predicted molar refractivity (Wildman–Crippen MR) is 82.0 cm³/mol. The minimum atomic E-state index is -0.943. The number of nitrogens with zero attached hydrogens (tertiary/aromatic N) is 2. The third-order valence-electron chi connectivity index (χ3n) is 3.96. The maximum Gasteiger partial charge on any atom is 0.335 e. The Hall–Kier alpha value is -1.62. The fraction of sp³-hybridized carbons (Fsp3) is 0.625. The summed E-state index contributed by atoms with van der Waals surface area (Å²) < 4.78 is 0. The summed E-state index contributed by atoms with van der Waals surface area (Å²) in [5, 5.41) is 18.9. The molecule has 5 heteroatoms. The highest BCUT2D eigenvalue weighted by Crippen LogP contribution is 2.28. The zero-order valence-corrected chi connectivity index (χ0v) is 13.0. The number of hydrogen-bond donors (Lipinski definition) is 2. The SMILES string of the molecule is CC(C)(C)c1cc(C(=O)O)cc(N2CCCCC2CO)n1. The molecule has 0 radical (unpaired) electrons. The van der Waals surface area contributed by atoms with Crippen LogP contribution >= 0.6 is 0 Å². The second kappa shape index (κ2) is 6.02. The lowest BCUT2D eigenvalue weighted by atomic mass is 9.90. The summed E-state index contributed by atoms with van der Waals surface area (Å²) in [5.74, 6) is -0.278. The molecule has 2 rings (SSSR count). The molecule has 0 saturated carbocycles. The molecule has 0 aromatic carbocycles. The van der Waals surface area contributed by atoms with Crippen LogP contribution in [0.3, 0.4) is 0 Å². The molecule has 1 atom stereocenters. The van der Waals surface area contributed by atoms with Gasteiger partial charge in [0.15, 0.2) is 0 Å². The van der Waals surface area contributed by atoms with E-state index in [4.69, 9.17) is 0 Å². The van der Waals surface area contributed by atoms with Crippen LogP contribution in [0.2, 0.25) is 0 Å². The number of aliphatic hydroxyl groups is 1. The topological polar surface area (TPSA) is 73.7 Å². The van der Waals surface area contributed by atoms with E-state index in [1.165, 1.54) is 0 Å². The molecule has 1 aliphatic heterocycles. The normalized spacial score (nSPS) is 19.6. The third-order valence-corrected chi connectivity index (χ3v) is 3.96. The molecule has 1 fully saturated rings. The molecule has 0 amide bonds. The Bertz CT molecular complexity index is 523. The van der Waals surface area contributed by atoms with Crippen molar-refractivity contribution < 1.29 is 15.0 Å². The average Bonchev–Trinajstić information content (AvgIpc) is 2.45. The van der Waals surface area contributed by atoms with Crippen molar-refractivity contribution in [3.05, 3.63) is 23.4 Å². The zero-order valence-electron chi connectivity index (χ0n) is 13.0. The number of carboxylic acid groups (broad SMARTS) is 1. The van der Waals surface area contributed by atoms with Gasteiger partial charge in [-0.2, -0.15) is 0 Å². The van der Waals surface area contributed by atoms with E-state index in [1.807, 2.05) is 25.7 Å². The molecule has 5 nitrogen and oxygen atoms in total. The van der Waals surface area contributed by atoms with Gasteiger partial charge in [-0.05, 0) is 31.4 Å². The molecule has 116 valence electrons. The van der Waals surface area contributed by atoms with Crippen molar-refractivity contribution in [1.29, 1.82) is 0 Å². The van der Waals surface area contributed by atoms with Gasteiger partial charge in [-0.3, -0.25) is 0 Å². The molecule has 0 aliphatic carbocycles. The van der Waals surface area contributed by atoms with Gasteiger partial charge in [0.05, 0.1) is 18.2 Å². The largest absolute Gasteiger partial charge is 0.478 e. The molecule has 2 N–H and O–H groups in total. The smallest absolute Gasteiger partial charge is 0.335 e. The van der Waals surface area contributed by atoms with Gasteiger partial charge < -0.3 is 15.1 Å². The minimum Gasteiger partial charge on any atom is -0.478 e. The molecule has 0 bridgehead atoms. The van der Waals surface area contributed by atoms with Gasteiger partial charge in [0.2, 0.25) is 0 Å². The van der Waals surface area contributed by atoms with Crippen LogP contribution < -0.4 is 4.90 Å². The maximum absolute atomic E-state index is 11.4. The van der Waals surface area contributed by atoms with Crippen LogP contribution in [0.4, 0.5) is 5.82 Å². The fourth-order valence-electron chi connectivity index (χ4n) is 2.66. The van der Waals surface area contributed by atoms with E-state index < -0.39 is 5.97 Å². The first-order valence-corrected chi connectivity index (χ1v) is 7.46. The number of carboxylic acids is 1. The van der Waals surface area contributed by atoms with E-state index in [2.05, 4.69) is 4.98 Å². The molecule has 1 aromatic rings. The summed E-state index contributed by atoms with van der Waals surface area (Å²) in [5.41, 5.74) is 0.803. The summed E-state index contributed by atoms with van der Waals surface area (Å²) in [6.07, 6.45) is 3.05. The van der Waals surface area contributed by atoms with E-state index in [0.717, 1.165) is 31.5 Å². The van der Waals surface area contributed by atoms with Crippen molar-refractivity contribution in [2.75, 3.05) is 18.1 Å². The number of pyridine rings is 1. The van der Waals surface area contributed by atoms with Crippen molar-refractivity contribution in [2.24, 2.45) is 0 Å². The quantitative estimate of drug-likeness (QED) is 0.895. The second-order valence-corrected chi connectivity index (χ2v) is 6.68. The van der Waals surface area contributed by atoms with Crippen molar-refractivity contribution in [3.63, 3.8) is 0 Å². The molecular weight excluding hydrogens is 268 g/mol. The molecule has 1 aliphatic rings. The molecular formula is C16H24N2O3. The number of piperidine rings is 1. The van der Waals surface area contributed by atoms with Crippen LogP contribution in [0.1, 0.15) is 56.1 Å². The summed E-state index contributed by atoms with van der Waals surface area (Å²) >= 11 is 0. The number of carbonyl (C=O) groups is 1. The van der Waals surface area contributed by atoms with Crippen LogP contribution in [-0.4, -0.2) is 40.4 Å². The lowest BCUT2D eigenvalue weighted by molar-refractivity contribution is 0.0696. The van der Waals surface area contributed by atoms with Crippen molar-refractivity contribution in [3.8, 4) is 0 Å². The highest BCUT2D eigenvalue weighted by atomic mass is 16.4. The van der Waals surface area contributed by atoms with Gasteiger partial charge in [0.25, 0.3) is 0 Å². The minimum absolute atomic E-state index is 0.0307. The van der Waals surface area contributed by atoms with E-state index in [-0.39, 0.29) is 23.6 Å². The summed E-state index contributed by atoms with van der Waals surface area (Å²) in [4.78, 5) is 18.1. The number of aromatic carboxylic acids is 1. The van der Waals surface area contributed by atoms with E-state index in [9.17, 15) is 15.0 Å². The van der Waals surface area contributed by atoms with E-state index >= 15 is 0 Å². The van der Waals surface area contributed by atoms with Gasteiger partial charge in [-0.15, -0.1) is 0 Å². The first-order valence-electron chi connectivity index (χ1n) is 7.46. The van der Waals surface area contributed by atoms with Crippen LogP contribution in [-0.2, 0) is 5.41 Å². The van der Waals surface area contributed by atoms with Crippen LogP contribution in [0.25, 0.3) is 0 Å². The highest BCUT2D eigenvalue weighted by molar-refractivity contribution is 5.88. The Morgan fingerprint density at radius 1 is 1.38 bits per heavy atom. The van der Waals surface area contributed by atoms with Gasteiger partial charge in [-0.25, -0.2) is 9.78 Å². The number of hydrogen-bond acceptors (Lipinski definition) is 4. The molecule has 1 saturated heterocycles. The van der Waals surface area contributed by atoms with Crippen LogP contribution in [0.15, 0.2) is 12.1 Å². The highest BCUT2D eigenvalue weighted by Gasteiger charge is 2.26. The van der Waals surface area contributed by atoms with E-state index in [1.54, 1.807) is 12.1 Å². The number of aromatic nitrogens is 1. The lowest BCUT2D eigenvalue weighted by Gasteiger charge is -2.36. The first-order chi connectivity index (χ1) is 9.82. The van der Waals surface area contributed by atoms with Crippen molar-refractivity contribution in [2.45, 2.75) is 51.5 Å². The standard InChI is InChI=1S/C16H24N2O3/c1-16(2,3)13-8-11(15(20)21)9-14(17-13)18-7-5-4-6-12(18)10-19/h8-9,12,19H,4-7,10H2,1-3H3,(H,20,21). The summed E-state index contributed by atoms with van der Waals surface area (Å²) in [7, 11) is 0. The van der Waals surface area contributed by atoms with Crippen LogP contribution in [0.5, 0.6) is 0 Å². The third kappa shape index (κ3) is 3.53. The Balaban J connectivity index is 2.46. The lowest BCUT2D eigenvalue weighted by Crippen LogP contribution is -2.42. The monoisotopic (exact) mass is 292 g/mol. The van der Waals surface area contributed by atoms with E-state index in [0.29, 0.717) is 5.82 Å². The Morgan fingerprint density at radius 2 is 2.10 bits per heavy atom. The fourth-order valence-corrected chi connectivity index (χ4v) is 2.66. The molecule has 2 heterocycles. The number of rotatable bonds is 3. The molecule has 1 unspecified atom stereocenters. The zero-order chi connectivity index (χ0) is 15.6. The predicted octanol–water partition coefficient (Wildman–Crippen LogP) is 2.43. The Morgan fingerprint density at radius 3 is 2.67 bits per heavy atom. The summed E-state index contributed by atoms with van der Waals surface area (Å²) in [6.45, 7) is 6.94. The van der Waals surface area contributed by atoms with Crippen LogP contribution in [0, 0.1) is 0 Å². The maximum atomic E-state index is 11.4. The second-order valence-electron chi connectivity index (χ2n) is 6.68. The number of aliphatic hydroxyl groups excluding tert-OH is 1. The molecule has 21 heavy (non-hydrogen) atoms. The van der Waals surface area contributed by atoms with Gasteiger partial charge in [0, 0.05) is 17.7 Å². The van der Waals surface area contributed by atoms with Gasteiger partial charge in [0.1, 0.15) is 5.82 Å².